The zero-order valence-corrected chi connectivity index (χ0v) is 51.7. The van der Waals surface area contributed by atoms with E-state index in [1.165, 1.54) is 60.3 Å². The van der Waals surface area contributed by atoms with E-state index in [-0.39, 0.29) is 48.5 Å². The Balaban J connectivity index is 1.00. The van der Waals surface area contributed by atoms with E-state index in [1.54, 1.807) is 0 Å². The van der Waals surface area contributed by atoms with Gasteiger partial charge in [-0.1, -0.05) is 18.2 Å². The van der Waals surface area contributed by atoms with E-state index < -0.39 is 204 Å². The highest BCUT2D eigenvalue weighted by Gasteiger charge is 2.73. The van der Waals surface area contributed by atoms with Crippen LogP contribution in [0.5, 0.6) is 11.5 Å². The molecule has 0 radical (unpaired) electrons. The average molecular weight is 1390 g/mol. The summed E-state index contributed by atoms with van der Waals surface area (Å²) < 4.78 is 232. The third kappa shape index (κ3) is 11.1. The van der Waals surface area contributed by atoms with Crippen molar-refractivity contribution in [3.63, 3.8) is 0 Å². The van der Waals surface area contributed by atoms with Gasteiger partial charge in [-0.25, -0.2) is 66.3 Å². The molecule has 4 amide bonds. The number of nitriles is 4. The summed E-state index contributed by atoms with van der Waals surface area (Å²) in [5.41, 5.74) is -22.8. The maximum absolute atomic E-state index is 16.1. The molecule has 0 spiro atoms. The molecule has 3 aliphatic rings. The summed E-state index contributed by atoms with van der Waals surface area (Å²) in [6.45, 7) is 29.2. The van der Waals surface area contributed by atoms with Crippen molar-refractivity contribution >= 4 is 40.7 Å². The molecule has 2 saturated heterocycles. The van der Waals surface area contributed by atoms with Gasteiger partial charge in [0.15, 0.2) is 70.8 Å². The molecule has 6 aromatic rings. The molecule has 0 N–H and O–H groups in total. The lowest BCUT2D eigenvalue weighted by Crippen LogP contribution is -2.55. The highest BCUT2D eigenvalue weighted by molar-refractivity contribution is 6.25. The van der Waals surface area contributed by atoms with Gasteiger partial charge in [-0.2, -0.15) is 47.4 Å². The van der Waals surface area contributed by atoms with Gasteiger partial charge in [0.1, 0.15) is 47.0 Å². The SMILES string of the molecule is [C-]#[N+]C(C#N)c1c(F)c(F)c(C(C#N)([N+]#[C-])c2ccc(N(C)CCOc3ccc(C(c4ccc(OCCN(C)c5ccc(C(C#N)([N+]#[C-])c6c(F)c(F)c(C(C#N)[N+]#[C-])c(F)c6F)cc5)c(N5C(=O)C6CC7C(=O)N(C)C(=O)C7C6C5=O)c4)(C(F)(F)F)C(F)(F)F)cc3C)cc2)c(F)c1F. The van der Waals surface area contributed by atoms with E-state index in [9.17, 15) is 35.0 Å². The molecule has 2 aliphatic heterocycles. The van der Waals surface area contributed by atoms with E-state index in [4.69, 9.17) is 41.0 Å². The first-order valence-electron chi connectivity index (χ1n) is 29.0. The second kappa shape index (κ2) is 26.6. The Morgan fingerprint density at radius 1 is 0.530 bits per heavy atom. The minimum absolute atomic E-state index is 0.125. The number of amides is 4. The van der Waals surface area contributed by atoms with Gasteiger partial charge in [-0.3, -0.25) is 43.5 Å². The molecular formula is C68H42F14N12O6. The fourth-order valence-electron chi connectivity index (χ4n) is 12.9. The van der Waals surface area contributed by atoms with Gasteiger partial charge < -0.3 is 19.3 Å². The Morgan fingerprint density at radius 2 is 0.900 bits per heavy atom. The van der Waals surface area contributed by atoms with Crippen LogP contribution in [0, 0.1) is 149 Å². The molecule has 9 rings (SSSR count). The third-order valence-corrected chi connectivity index (χ3v) is 18.0. The molecule has 3 fully saturated rings. The van der Waals surface area contributed by atoms with E-state index in [1.807, 2.05) is 0 Å². The molecule has 18 nitrogen and oxygen atoms in total. The fraction of sp³-hybridized carbons (Fsp3) is 0.294. The number of anilines is 3. The molecule has 32 heteroatoms. The Bertz CT molecular complexity index is 4670. The summed E-state index contributed by atoms with van der Waals surface area (Å²) >= 11 is 0. The zero-order valence-electron chi connectivity index (χ0n) is 51.7. The molecule has 0 bridgehead atoms. The Morgan fingerprint density at radius 3 is 1.27 bits per heavy atom. The second-order valence-corrected chi connectivity index (χ2v) is 23.1. The molecule has 508 valence electrons. The number of benzene rings is 6. The molecule has 0 aromatic heterocycles. The van der Waals surface area contributed by atoms with E-state index in [0.717, 1.165) is 61.3 Å². The topological polar surface area (TPSA) is 212 Å². The Kier molecular flexibility index (Phi) is 19.2. The Labute approximate surface area is 558 Å². The van der Waals surface area contributed by atoms with Crippen molar-refractivity contribution in [2.45, 2.75) is 54.3 Å². The van der Waals surface area contributed by atoms with Gasteiger partial charge in [0.2, 0.25) is 29.0 Å². The smallest absolute Gasteiger partial charge is 0.411 e. The van der Waals surface area contributed by atoms with Crippen molar-refractivity contribution < 1.29 is 90.1 Å². The summed E-state index contributed by atoms with van der Waals surface area (Å²) in [7, 11) is 3.93. The number of carbonyl (C=O) groups is 4. The number of ether oxygens (including phenoxy) is 2. The summed E-state index contributed by atoms with van der Waals surface area (Å²) in [5.74, 6) is -28.3. The summed E-state index contributed by atoms with van der Waals surface area (Å²) in [6.07, 6.45) is -13.0. The summed E-state index contributed by atoms with van der Waals surface area (Å²) in [5, 5.41) is 38.7. The number of aryl methyl sites for hydroxylation is 1. The molecule has 1 saturated carbocycles. The number of likely N-dealkylation sites (N-methyl/N-ethyl adjacent to an activating group) is 2. The van der Waals surface area contributed by atoms with Gasteiger partial charge in [-0.05, 0) is 96.8 Å². The lowest BCUT2D eigenvalue weighted by molar-refractivity contribution is -0.288. The maximum Gasteiger partial charge on any atom is 0.411 e. The average Bonchev–Trinajstić information content (AvgIpc) is 1.29. The van der Waals surface area contributed by atoms with Crippen LogP contribution in [0.15, 0.2) is 84.9 Å². The summed E-state index contributed by atoms with van der Waals surface area (Å²) in [6, 6.07) is 12.2. The fourth-order valence-corrected chi connectivity index (χ4v) is 12.9. The number of rotatable bonds is 19. The predicted octanol–water partition coefficient (Wildman–Crippen LogP) is 12.6. The van der Waals surface area contributed by atoms with Crippen LogP contribution in [-0.4, -0.2) is 88.3 Å². The number of fused-ring (bicyclic) bond motifs is 3. The van der Waals surface area contributed by atoms with Gasteiger partial charge in [0.05, 0.1) is 53.6 Å². The van der Waals surface area contributed by atoms with Crippen LogP contribution in [0.3, 0.4) is 0 Å². The molecular weight excluding hydrogens is 1350 g/mol. The first-order valence-corrected chi connectivity index (χ1v) is 29.0. The van der Waals surface area contributed by atoms with Crippen LogP contribution in [0.2, 0.25) is 0 Å². The monoisotopic (exact) mass is 1390 g/mol. The molecule has 100 heavy (non-hydrogen) atoms. The van der Waals surface area contributed by atoms with E-state index in [2.05, 4.69) is 19.4 Å². The van der Waals surface area contributed by atoms with Crippen molar-refractivity contribution in [1.82, 2.24) is 4.90 Å². The number of imide groups is 2. The van der Waals surface area contributed by atoms with Crippen molar-refractivity contribution in [3.05, 3.63) is 227 Å². The number of hydrogen-bond donors (Lipinski definition) is 0. The molecule has 8 atom stereocenters. The minimum atomic E-state index is -6.32. The number of nitrogens with zero attached hydrogens (tertiary/aromatic N) is 12. The molecule has 2 heterocycles. The highest BCUT2D eigenvalue weighted by atomic mass is 19.4. The predicted molar refractivity (Wildman–Crippen MR) is 318 cm³/mol. The highest BCUT2D eigenvalue weighted by Crippen LogP contribution is 2.59. The first-order chi connectivity index (χ1) is 47.2. The van der Waals surface area contributed by atoms with Crippen LogP contribution in [-0.2, 0) is 35.7 Å². The molecule has 8 unspecified atom stereocenters. The second-order valence-electron chi connectivity index (χ2n) is 23.1. The van der Waals surface area contributed by atoms with Crippen LogP contribution in [0.1, 0.15) is 68.6 Å². The number of carbonyl (C=O) groups excluding carboxylic acids is 4. The van der Waals surface area contributed by atoms with Crippen LogP contribution < -0.4 is 24.2 Å². The quantitative estimate of drug-likeness (QED) is 0.0321. The number of halogens is 14. The van der Waals surface area contributed by atoms with Gasteiger partial charge in [-0.15, -0.1) is 0 Å². The Hall–Kier alpha value is -12.3. The van der Waals surface area contributed by atoms with Gasteiger partial charge in [0, 0.05) is 32.5 Å². The number of hydrogen-bond acceptors (Lipinski definition) is 12. The lowest BCUT2D eigenvalue weighted by atomic mass is 9.72. The third-order valence-electron chi connectivity index (χ3n) is 18.0. The van der Waals surface area contributed by atoms with E-state index in [0.29, 0.717) is 29.2 Å². The normalized spacial score (nSPS) is 18.3. The zero-order chi connectivity index (χ0) is 73.8. The van der Waals surface area contributed by atoms with Crippen molar-refractivity contribution in [2.75, 3.05) is 62.1 Å². The number of likely N-dealkylation sites (tertiary alicyclic amines) is 1. The van der Waals surface area contributed by atoms with Crippen LogP contribution in [0.4, 0.5) is 78.5 Å². The first kappa shape index (κ1) is 72.0. The lowest BCUT2D eigenvalue weighted by Gasteiger charge is -2.39. The van der Waals surface area contributed by atoms with Crippen LogP contribution >= 0.6 is 0 Å². The van der Waals surface area contributed by atoms with Gasteiger partial charge in [0.25, 0.3) is 0 Å². The van der Waals surface area contributed by atoms with Crippen LogP contribution in [0.25, 0.3) is 19.4 Å². The van der Waals surface area contributed by atoms with Gasteiger partial charge >= 0.3 is 35.5 Å². The van der Waals surface area contributed by atoms with Crippen molar-refractivity contribution in [1.29, 1.82) is 21.0 Å². The van der Waals surface area contributed by atoms with E-state index >= 15 is 61.5 Å². The largest absolute Gasteiger partial charge is 0.491 e. The number of alkyl halides is 6. The molecule has 6 aromatic carbocycles. The van der Waals surface area contributed by atoms with Crippen molar-refractivity contribution in [3.8, 4) is 35.8 Å². The summed E-state index contributed by atoms with van der Waals surface area (Å²) in [4.78, 5) is 70.6. The minimum Gasteiger partial charge on any atom is -0.491 e. The standard InChI is InChI=1S/C68H42F14N12O6/c1-32-25-35(13-19-44(32)99-23-21-91(6)37-15-9-33(10-16-37)64(30-85,89-4)50-56(73)52(69)48(41(28-83)87-2)53(70)57(50)74)66(67(77,78)79,68(80,81)82)36-14-20-45(43(26-36)94-61(96)40-27-39-46(47(40)63(94)98)62(97)93(8)60(39)95)100-24-22-92(7)38-17-11-34(12-18-38)65(31-86,90-5)51-58(75)54(71)49(42(29-84)88-3)55(72)59(51)76/h9-20,25-26,39-42,46-47H,21-24,27H2,1,6-8H3. The van der Waals surface area contributed by atoms with Crippen molar-refractivity contribution in [2.24, 2.45) is 23.7 Å². The maximum atomic E-state index is 16.1. The molecule has 1 aliphatic carbocycles.